The molecule has 0 radical (unpaired) electrons. The summed E-state index contributed by atoms with van der Waals surface area (Å²) in [5.74, 6) is 1.82. The molecule has 2 atom stereocenters. The summed E-state index contributed by atoms with van der Waals surface area (Å²) in [7, 11) is 17.2. The van der Waals surface area contributed by atoms with Crippen molar-refractivity contribution >= 4 is 56.2 Å². The number of fused-ring (bicyclic) bond motifs is 4. The van der Waals surface area contributed by atoms with Crippen LogP contribution < -0.4 is 0 Å². The van der Waals surface area contributed by atoms with E-state index in [0.717, 1.165) is 57.0 Å². The van der Waals surface area contributed by atoms with Crippen molar-refractivity contribution in [1.29, 1.82) is 0 Å². The van der Waals surface area contributed by atoms with E-state index in [-0.39, 0.29) is 7.25 Å². The second kappa shape index (κ2) is 11.1. The fourth-order valence-corrected chi connectivity index (χ4v) is 37.7. The molecule has 0 saturated heterocycles. The summed E-state index contributed by atoms with van der Waals surface area (Å²) in [5, 5.41) is 4.47. The van der Waals surface area contributed by atoms with E-state index in [4.69, 9.17) is 25.9 Å². The Bertz CT molecular complexity index is 2190. The SMILES string of the molecule is CCC1=Cc2c(-c3occ4ccccc34)cccc2[CH]1[Zr]([Cl])([Cl])([CH]1C(CC)=Cc2c(-c3occ4ccccc34)cccc21)=[Si](C)C. The Hall–Kier alpha value is -2.88. The summed E-state index contributed by atoms with van der Waals surface area (Å²) in [6.45, 7) is 9.26. The van der Waals surface area contributed by atoms with Gasteiger partial charge in [-0.25, -0.2) is 0 Å². The number of hydrogen-bond donors (Lipinski definition) is 0. The normalized spacial score (nSPS) is 17.7. The standard InChI is InChI=1S/2C19H15O.C2H6Si.2ClH.Zr/c2*1-2-13-10-14-7-5-9-17(18(14)11-13)19-16-8-4-3-6-15(16)12-20-19;1-3-2;;;/h2*3-12H,2H2,1H3;1-2H3;2*1H;/q;;;;;+2/p-2. The molecular weight excluding hydrogens is 703 g/mol. The first kappa shape index (κ1) is 30.5. The minimum absolute atomic E-state index is 0.0221. The van der Waals surface area contributed by atoms with Gasteiger partial charge in [-0.15, -0.1) is 0 Å². The van der Waals surface area contributed by atoms with E-state index in [9.17, 15) is 0 Å². The van der Waals surface area contributed by atoms with Gasteiger partial charge in [0.25, 0.3) is 0 Å². The maximum atomic E-state index is 8.58. The second-order valence-electron chi connectivity index (χ2n) is 13.1. The molecule has 0 saturated carbocycles. The molecule has 46 heavy (non-hydrogen) atoms. The van der Waals surface area contributed by atoms with Gasteiger partial charge in [-0.1, -0.05) is 0 Å². The number of rotatable bonds is 6. The molecule has 2 nitrogen and oxygen atoms in total. The fraction of sp³-hybridized carbons (Fsp3) is 0.200. The van der Waals surface area contributed by atoms with Gasteiger partial charge in [-0.05, 0) is 0 Å². The summed E-state index contributed by atoms with van der Waals surface area (Å²) < 4.78 is 12.6. The van der Waals surface area contributed by atoms with Gasteiger partial charge in [-0.2, -0.15) is 0 Å². The van der Waals surface area contributed by atoms with Crippen molar-refractivity contribution in [3.05, 3.63) is 131 Å². The van der Waals surface area contributed by atoms with Crippen molar-refractivity contribution in [2.24, 2.45) is 0 Å². The molecule has 2 unspecified atom stereocenters. The van der Waals surface area contributed by atoms with E-state index in [2.05, 4.69) is 124 Å². The first-order chi connectivity index (χ1) is 22.3. The Balaban J connectivity index is 1.36. The van der Waals surface area contributed by atoms with Crippen molar-refractivity contribution in [2.45, 2.75) is 47.0 Å². The van der Waals surface area contributed by atoms with Gasteiger partial charge in [0.05, 0.1) is 0 Å². The minimum atomic E-state index is -4.90. The molecule has 2 heterocycles. The molecule has 0 aliphatic heterocycles. The number of allylic oxidation sites excluding steroid dienone is 2. The summed E-state index contributed by atoms with van der Waals surface area (Å²) in [6.07, 6.45) is 10.3. The van der Waals surface area contributed by atoms with E-state index in [1.165, 1.54) is 33.4 Å². The van der Waals surface area contributed by atoms with Gasteiger partial charge in [0.2, 0.25) is 0 Å². The molecule has 0 amide bonds. The van der Waals surface area contributed by atoms with Crippen LogP contribution >= 0.6 is 17.0 Å². The van der Waals surface area contributed by atoms with Gasteiger partial charge in [-0.3, -0.25) is 0 Å². The Morgan fingerprint density at radius 3 is 1.46 bits per heavy atom. The van der Waals surface area contributed by atoms with E-state index >= 15 is 0 Å². The molecule has 6 heteroatoms. The molecule has 0 bridgehead atoms. The zero-order chi connectivity index (χ0) is 31.8. The third-order valence-corrected chi connectivity index (χ3v) is 57.2. The zero-order valence-corrected chi connectivity index (χ0v) is 31.5. The average Bonchev–Trinajstić information content (AvgIpc) is 3.86. The summed E-state index contributed by atoms with van der Waals surface area (Å²) in [6, 6.07) is 30.1. The molecule has 0 spiro atoms. The van der Waals surface area contributed by atoms with Gasteiger partial charge in [0.15, 0.2) is 0 Å². The van der Waals surface area contributed by atoms with Crippen LogP contribution in [0.2, 0.25) is 13.1 Å². The molecule has 8 rings (SSSR count). The third-order valence-electron chi connectivity index (χ3n) is 10.6. The van der Waals surface area contributed by atoms with E-state index in [1.807, 2.05) is 12.5 Å². The first-order valence-electron chi connectivity index (χ1n) is 16.2. The van der Waals surface area contributed by atoms with Crippen molar-refractivity contribution in [2.75, 3.05) is 0 Å². The summed E-state index contributed by atoms with van der Waals surface area (Å²) in [5.41, 5.74) is 8.72. The van der Waals surface area contributed by atoms with Crippen LogP contribution in [0, 0.1) is 0 Å². The predicted molar refractivity (Wildman–Crippen MR) is 195 cm³/mol. The molecule has 230 valence electrons. The molecular formula is C40H36Cl2O2SiZr. The van der Waals surface area contributed by atoms with Crippen molar-refractivity contribution in [3.63, 3.8) is 0 Å². The van der Waals surface area contributed by atoms with Crippen LogP contribution in [0.1, 0.15) is 56.2 Å². The number of furan rings is 2. The topological polar surface area (TPSA) is 26.3 Å². The van der Waals surface area contributed by atoms with Crippen molar-refractivity contribution in [3.8, 4) is 22.6 Å². The van der Waals surface area contributed by atoms with Crippen LogP contribution in [0.4, 0.5) is 0 Å². The Morgan fingerprint density at radius 2 is 1.04 bits per heavy atom. The molecule has 0 fully saturated rings. The Labute approximate surface area is 278 Å². The maximum absolute atomic E-state index is 8.58. The van der Waals surface area contributed by atoms with Crippen LogP contribution in [-0.4, -0.2) is 5.43 Å². The van der Waals surface area contributed by atoms with E-state index in [0.29, 0.717) is 0 Å². The van der Waals surface area contributed by atoms with Crippen LogP contribution in [0.25, 0.3) is 56.3 Å². The van der Waals surface area contributed by atoms with Crippen LogP contribution in [0.3, 0.4) is 0 Å². The summed E-state index contributed by atoms with van der Waals surface area (Å²) >= 11 is -4.90. The Kier molecular flexibility index (Phi) is 7.34. The van der Waals surface area contributed by atoms with Gasteiger partial charge >= 0.3 is 281 Å². The number of benzene rings is 4. The monoisotopic (exact) mass is 736 g/mol. The molecule has 2 aliphatic rings. The molecule has 4 aromatic carbocycles. The third kappa shape index (κ3) is 4.23. The second-order valence-corrected chi connectivity index (χ2v) is 51.9. The van der Waals surface area contributed by atoms with Crippen LogP contribution in [-0.2, 0) is 15.0 Å². The van der Waals surface area contributed by atoms with E-state index in [1.54, 1.807) is 0 Å². The quantitative estimate of drug-likeness (QED) is 0.159. The molecule has 2 aliphatic carbocycles. The molecule has 2 aromatic heterocycles. The van der Waals surface area contributed by atoms with Gasteiger partial charge in [0.1, 0.15) is 0 Å². The van der Waals surface area contributed by atoms with Gasteiger partial charge in [0, 0.05) is 0 Å². The van der Waals surface area contributed by atoms with Crippen LogP contribution in [0.5, 0.6) is 0 Å². The summed E-state index contributed by atoms with van der Waals surface area (Å²) in [4.78, 5) is 0. The fourth-order valence-electron chi connectivity index (χ4n) is 8.33. The molecule has 6 aromatic rings. The van der Waals surface area contributed by atoms with Crippen molar-refractivity contribution < 1.29 is 23.8 Å². The zero-order valence-electron chi connectivity index (χ0n) is 26.5. The van der Waals surface area contributed by atoms with Gasteiger partial charge < -0.3 is 0 Å². The van der Waals surface area contributed by atoms with E-state index < -0.39 is 20.4 Å². The van der Waals surface area contributed by atoms with Crippen LogP contribution in [0.15, 0.2) is 117 Å². The number of halogens is 2. The van der Waals surface area contributed by atoms with Crippen molar-refractivity contribution in [1.82, 2.24) is 0 Å². The Morgan fingerprint density at radius 1 is 0.609 bits per heavy atom. The first-order valence-corrected chi connectivity index (χ1v) is 31.6. The molecule has 0 N–H and O–H groups in total. The number of hydrogen-bond acceptors (Lipinski definition) is 2. The average molecular weight is 739 g/mol. The predicted octanol–water partition coefficient (Wildman–Crippen LogP) is 13.2.